The van der Waals surface area contributed by atoms with Gasteiger partial charge >= 0.3 is 0 Å². The summed E-state index contributed by atoms with van der Waals surface area (Å²) in [4.78, 5) is 26.2. The number of rotatable bonds is 7. The number of carbonyl (C=O) groups is 2. The zero-order chi connectivity index (χ0) is 16.1. The fourth-order valence-electron chi connectivity index (χ4n) is 2.35. The number of aliphatic hydroxyl groups excluding tert-OH is 1. The monoisotopic (exact) mass is 304 g/mol. The Morgan fingerprint density at radius 2 is 1.95 bits per heavy atom. The molecule has 1 aliphatic carbocycles. The highest BCUT2D eigenvalue weighted by Gasteiger charge is 2.35. The van der Waals surface area contributed by atoms with E-state index in [0.29, 0.717) is 13.1 Å². The predicted molar refractivity (Wildman–Crippen MR) is 83.9 cm³/mol. The van der Waals surface area contributed by atoms with Crippen LogP contribution in [0.15, 0.2) is 30.3 Å². The Labute approximate surface area is 131 Å². The Hall–Kier alpha value is -1.88. The molecule has 0 aliphatic heterocycles. The Morgan fingerprint density at radius 1 is 1.32 bits per heavy atom. The maximum Gasteiger partial charge on any atom is 0.248 e. The number of hydrogen-bond acceptors (Lipinski definition) is 3. The number of nitrogens with one attached hydrogen (secondary N) is 1. The van der Waals surface area contributed by atoms with Crippen LogP contribution in [-0.4, -0.2) is 40.5 Å². The second-order valence-corrected chi connectivity index (χ2v) is 5.84. The van der Waals surface area contributed by atoms with Crippen molar-refractivity contribution in [2.45, 2.75) is 45.4 Å². The third-order valence-electron chi connectivity index (χ3n) is 3.90. The molecule has 0 spiro atoms. The van der Waals surface area contributed by atoms with Crippen LogP contribution in [0.25, 0.3) is 0 Å². The highest BCUT2D eigenvalue weighted by Crippen LogP contribution is 2.29. The Morgan fingerprint density at radius 3 is 2.45 bits per heavy atom. The molecule has 0 radical (unpaired) electrons. The van der Waals surface area contributed by atoms with Crippen molar-refractivity contribution < 1.29 is 14.7 Å². The maximum absolute atomic E-state index is 12.6. The average Bonchev–Trinajstić information content (AvgIpc) is 3.35. The van der Waals surface area contributed by atoms with Crippen LogP contribution in [0.5, 0.6) is 0 Å². The highest BCUT2D eigenvalue weighted by atomic mass is 16.3. The van der Waals surface area contributed by atoms with Gasteiger partial charge in [0, 0.05) is 19.0 Å². The topological polar surface area (TPSA) is 69.6 Å². The normalized spacial score (nSPS) is 16.7. The van der Waals surface area contributed by atoms with E-state index in [1.165, 1.54) is 6.92 Å². The van der Waals surface area contributed by atoms with Crippen molar-refractivity contribution in [2.24, 2.45) is 5.92 Å². The molecule has 120 valence electrons. The smallest absolute Gasteiger partial charge is 0.248 e. The fraction of sp³-hybridized carbons (Fsp3) is 0.529. The number of carbonyl (C=O) groups excluding carboxylic acids is 2. The molecule has 2 amide bonds. The lowest BCUT2D eigenvalue weighted by atomic mass is 10.1. The molecule has 2 unspecified atom stereocenters. The third kappa shape index (κ3) is 4.31. The van der Waals surface area contributed by atoms with Crippen molar-refractivity contribution in [1.29, 1.82) is 0 Å². The summed E-state index contributed by atoms with van der Waals surface area (Å²) in [6.07, 6.45) is 0.822. The van der Waals surface area contributed by atoms with Gasteiger partial charge in [-0.3, -0.25) is 9.59 Å². The van der Waals surface area contributed by atoms with Crippen molar-refractivity contribution in [3.05, 3.63) is 35.9 Å². The summed E-state index contributed by atoms with van der Waals surface area (Å²) in [6, 6.07) is 8.81. The molecule has 22 heavy (non-hydrogen) atoms. The summed E-state index contributed by atoms with van der Waals surface area (Å²) in [7, 11) is 0. The lowest BCUT2D eigenvalue weighted by molar-refractivity contribution is -0.140. The first-order chi connectivity index (χ1) is 10.5. The molecule has 0 aromatic heterocycles. The Kier molecular flexibility index (Phi) is 5.55. The summed E-state index contributed by atoms with van der Waals surface area (Å²) >= 11 is 0. The van der Waals surface area contributed by atoms with Gasteiger partial charge in [0.05, 0.1) is 6.10 Å². The summed E-state index contributed by atoms with van der Waals surface area (Å²) < 4.78 is 0. The number of likely N-dealkylation sites (N-methyl/N-ethyl adjacent to an activating group) is 1. The van der Waals surface area contributed by atoms with Crippen molar-refractivity contribution in [3.8, 4) is 0 Å². The largest absolute Gasteiger partial charge is 0.391 e. The van der Waals surface area contributed by atoms with Gasteiger partial charge in [0.1, 0.15) is 6.04 Å². The lowest BCUT2D eigenvalue weighted by Gasteiger charge is -2.28. The standard InChI is InChI=1S/C17H24N2O3/c1-3-19(11-13-7-5-4-6-8-13)17(22)15(12(2)20)18-16(21)14-9-10-14/h4-8,12,14-15,20H,3,9-11H2,1-2H3,(H,18,21). The van der Waals surface area contributed by atoms with Crippen LogP contribution in [0.3, 0.4) is 0 Å². The Balaban J connectivity index is 2.04. The number of benzene rings is 1. The predicted octanol–water partition coefficient (Wildman–Crippen LogP) is 1.31. The third-order valence-corrected chi connectivity index (χ3v) is 3.90. The second kappa shape index (κ2) is 7.40. The lowest BCUT2D eigenvalue weighted by Crippen LogP contribution is -2.53. The molecular formula is C17H24N2O3. The number of hydrogen-bond donors (Lipinski definition) is 2. The molecule has 1 aliphatic rings. The summed E-state index contributed by atoms with van der Waals surface area (Å²) in [5.41, 5.74) is 1.02. The molecule has 5 nitrogen and oxygen atoms in total. The SMILES string of the molecule is CCN(Cc1ccccc1)C(=O)C(NC(=O)C1CC1)C(C)O. The van der Waals surface area contributed by atoms with Crippen molar-refractivity contribution in [1.82, 2.24) is 10.2 Å². The van der Waals surface area contributed by atoms with Crippen molar-refractivity contribution in [2.75, 3.05) is 6.54 Å². The molecular weight excluding hydrogens is 280 g/mol. The van der Waals surface area contributed by atoms with Gasteiger partial charge in [-0.25, -0.2) is 0 Å². The number of aliphatic hydroxyl groups is 1. The van der Waals surface area contributed by atoms with E-state index in [9.17, 15) is 14.7 Å². The molecule has 2 rings (SSSR count). The van der Waals surface area contributed by atoms with E-state index in [4.69, 9.17) is 0 Å². The van der Waals surface area contributed by atoms with E-state index < -0.39 is 12.1 Å². The van der Waals surface area contributed by atoms with Crippen molar-refractivity contribution in [3.63, 3.8) is 0 Å². The molecule has 1 fully saturated rings. The molecule has 0 saturated heterocycles. The minimum Gasteiger partial charge on any atom is -0.391 e. The van der Waals surface area contributed by atoms with Crippen LogP contribution in [-0.2, 0) is 16.1 Å². The molecule has 2 atom stereocenters. The zero-order valence-corrected chi connectivity index (χ0v) is 13.2. The van der Waals surface area contributed by atoms with Crippen LogP contribution in [0.2, 0.25) is 0 Å². The zero-order valence-electron chi connectivity index (χ0n) is 13.2. The minimum absolute atomic E-state index is 0.0123. The first-order valence-corrected chi connectivity index (χ1v) is 7.84. The number of nitrogens with zero attached hydrogens (tertiary/aromatic N) is 1. The van der Waals surface area contributed by atoms with Gasteiger partial charge in [-0.2, -0.15) is 0 Å². The minimum atomic E-state index is -0.917. The van der Waals surface area contributed by atoms with Crippen LogP contribution in [0.1, 0.15) is 32.3 Å². The van der Waals surface area contributed by atoms with Gasteiger partial charge in [-0.15, -0.1) is 0 Å². The van der Waals surface area contributed by atoms with Crippen molar-refractivity contribution >= 4 is 11.8 Å². The molecule has 1 aromatic carbocycles. The maximum atomic E-state index is 12.6. The molecule has 1 aromatic rings. The van der Waals surface area contributed by atoms with Crippen LogP contribution >= 0.6 is 0 Å². The van der Waals surface area contributed by atoms with Gasteiger partial charge in [0.25, 0.3) is 0 Å². The first kappa shape index (κ1) is 16.5. The van der Waals surface area contributed by atoms with Gasteiger partial charge in [0.15, 0.2) is 0 Å². The average molecular weight is 304 g/mol. The van der Waals surface area contributed by atoms with Gasteiger partial charge in [0.2, 0.25) is 11.8 Å². The summed E-state index contributed by atoms with van der Waals surface area (Å²) in [5.74, 6) is -0.358. The molecule has 0 heterocycles. The van der Waals surface area contributed by atoms with Gasteiger partial charge in [-0.05, 0) is 32.3 Å². The molecule has 2 N–H and O–H groups in total. The van der Waals surface area contributed by atoms with E-state index in [2.05, 4.69) is 5.32 Å². The number of amides is 2. The van der Waals surface area contributed by atoms with Gasteiger partial charge in [-0.1, -0.05) is 30.3 Å². The quantitative estimate of drug-likeness (QED) is 0.798. The second-order valence-electron chi connectivity index (χ2n) is 5.84. The highest BCUT2D eigenvalue weighted by molar-refractivity contribution is 5.89. The molecule has 0 bridgehead atoms. The van der Waals surface area contributed by atoms with E-state index in [1.54, 1.807) is 4.90 Å². The van der Waals surface area contributed by atoms with Gasteiger partial charge < -0.3 is 15.3 Å². The first-order valence-electron chi connectivity index (χ1n) is 7.84. The van der Waals surface area contributed by atoms with E-state index in [1.807, 2.05) is 37.3 Å². The fourth-order valence-corrected chi connectivity index (χ4v) is 2.35. The van der Waals surface area contributed by atoms with E-state index >= 15 is 0 Å². The van der Waals surface area contributed by atoms with Crippen LogP contribution in [0.4, 0.5) is 0 Å². The molecule has 1 saturated carbocycles. The van der Waals surface area contributed by atoms with E-state index in [-0.39, 0.29) is 17.7 Å². The Bertz CT molecular complexity index is 512. The summed E-state index contributed by atoms with van der Waals surface area (Å²) in [5, 5.41) is 12.6. The van der Waals surface area contributed by atoms with Crippen LogP contribution in [0, 0.1) is 5.92 Å². The van der Waals surface area contributed by atoms with E-state index in [0.717, 1.165) is 18.4 Å². The molecule has 5 heteroatoms. The van der Waals surface area contributed by atoms with Crippen LogP contribution < -0.4 is 5.32 Å². The summed E-state index contributed by atoms with van der Waals surface area (Å²) in [6.45, 7) is 4.42.